The average molecular weight is 222 g/mol. The summed E-state index contributed by atoms with van der Waals surface area (Å²) in [6, 6.07) is 5.74. The fraction of sp³-hybridized carbons (Fsp3) is 0.111. The first-order valence-electron chi connectivity index (χ1n) is 3.84. The Morgan fingerprint density at radius 1 is 1.64 bits per heavy atom. The second-order valence-corrected chi connectivity index (χ2v) is 4.34. The minimum atomic E-state index is 0.609. The molecule has 0 aromatic carbocycles. The van der Waals surface area contributed by atoms with Crippen molar-refractivity contribution in [2.75, 3.05) is 6.26 Å². The van der Waals surface area contributed by atoms with Crippen LogP contribution in [-0.4, -0.2) is 10.6 Å². The van der Waals surface area contributed by atoms with Crippen LogP contribution in [0.1, 0.15) is 5.56 Å². The third-order valence-electron chi connectivity index (χ3n) is 1.71. The predicted molar refractivity (Wildman–Crippen MR) is 56.3 cm³/mol. The Morgan fingerprint density at radius 2 is 2.50 bits per heavy atom. The molecule has 70 valence electrons. The Hall–Kier alpha value is -1.25. The van der Waals surface area contributed by atoms with Crippen LogP contribution in [0.3, 0.4) is 0 Å². The molecule has 2 heterocycles. The summed E-state index contributed by atoms with van der Waals surface area (Å²) in [5.74, 6) is 0.651. The summed E-state index contributed by atoms with van der Waals surface area (Å²) in [4.78, 5) is 0. The molecule has 2 aromatic heterocycles. The van der Waals surface area contributed by atoms with Gasteiger partial charge in [0.1, 0.15) is 17.3 Å². The van der Waals surface area contributed by atoms with Crippen LogP contribution >= 0.6 is 23.3 Å². The normalized spacial score (nSPS) is 10.0. The second kappa shape index (κ2) is 3.86. The van der Waals surface area contributed by atoms with Crippen LogP contribution < -0.4 is 0 Å². The summed E-state index contributed by atoms with van der Waals surface area (Å²) < 4.78 is 10.3. The lowest BCUT2D eigenvalue weighted by atomic mass is 10.2. The Morgan fingerprint density at radius 3 is 3.07 bits per heavy atom. The van der Waals surface area contributed by atoms with E-state index in [0.717, 1.165) is 4.21 Å². The summed E-state index contributed by atoms with van der Waals surface area (Å²) in [6.45, 7) is 0. The van der Waals surface area contributed by atoms with Crippen molar-refractivity contribution in [2.45, 2.75) is 4.21 Å². The summed E-state index contributed by atoms with van der Waals surface area (Å²) >= 11 is 2.86. The van der Waals surface area contributed by atoms with E-state index in [1.807, 2.05) is 6.26 Å². The number of thioether (sulfide) groups is 1. The molecule has 0 N–H and O–H groups in total. The lowest BCUT2D eigenvalue weighted by molar-refractivity contribution is 0.580. The van der Waals surface area contributed by atoms with Gasteiger partial charge in [-0.2, -0.15) is 9.64 Å². The maximum atomic E-state index is 8.98. The molecular formula is C9H6N2OS2. The predicted octanol–water partition coefficient (Wildman–Crippen LogP) is 3.00. The molecule has 2 rings (SSSR count). The lowest BCUT2D eigenvalue weighted by Gasteiger charge is -1.91. The quantitative estimate of drug-likeness (QED) is 0.733. The highest BCUT2D eigenvalue weighted by Crippen LogP contribution is 2.33. The molecule has 0 fully saturated rings. The molecule has 0 radical (unpaired) electrons. The van der Waals surface area contributed by atoms with E-state index in [-0.39, 0.29) is 0 Å². The Kier molecular flexibility index (Phi) is 2.57. The summed E-state index contributed by atoms with van der Waals surface area (Å²) in [7, 11) is 0. The van der Waals surface area contributed by atoms with Crippen molar-refractivity contribution in [3.63, 3.8) is 0 Å². The molecule has 0 aliphatic heterocycles. The van der Waals surface area contributed by atoms with Gasteiger partial charge in [-0.05, 0) is 29.9 Å². The third kappa shape index (κ3) is 1.43. The van der Waals surface area contributed by atoms with Gasteiger partial charge in [-0.15, -0.1) is 11.8 Å². The molecule has 14 heavy (non-hydrogen) atoms. The van der Waals surface area contributed by atoms with E-state index in [1.54, 1.807) is 18.4 Å². The van der Waals surface area contributed by atoms with E-state index in [4.69, 9.17) is 9.68 Å². The van der Waals surface area contributed by atoms with Gasteiger partial charge in [0.2, 0.25) is 0 Å². The molecule has 0 aliphatic carbocycles. The van der Waals surface area contributed by atoms with Crippen LogP contribution in [0.2, 0.25) is 0 Å². The molecule has 2 aromatic rings. The Balaban J connectivity index is 2.56. The van der Waals surface area contributed by atoms with E-state index in [2.05, 4.69) is 10.4 Å². The van der Waals surface area contributed by atoms with Crippen LogP contribution in [0.4, 0.5) is 0 Å². The van der Waals surface area contributed by atoms with Crippen molar-refractivity contribution in [3.8, 4) is 17.5 Å². The van der Waals surface area contributed by atoms with Gasteiger partial charge >= 0.3 is 0 Å². The second-order valence-electron chi connectivity index (χ2n) is 2.49. The first kappa shape index (κ1) is 9.31. The molecule has 3 nitrogen and oxygen atoms in total. The summed E-state index contributed by atoms with van der Waals surface area (Å²) in [6.07, 6.45) is 3.51. The fourth-order valence-corrected chi connectivity index (χ4v) is 2.44. The van der Waals surface area contributed by atoms with Crippen molar-refractivity contribution in [3.05, 3.63) is 24.0 Å². The van der Waals surface area contributed by atoms with Gasteiger partial charge < -0.3 is 4.42 Å². The Bertz CT molecular complexity index is 467. The fourth-order valence-electron chi connectivity index (χ4n) is 1.09. The number of nitrogens with zero attached hydrogens (tertiary/aromatic N) is 2. The van der Waals surface area contributed by atoms with Crippen molar-refractivity contribution >= 4 is 23.3 Å². The van der Waals surface area contributed by atoms with Gasteiger partial charge in [0.15, 0.2) is 5.76 Å². The van der Waals surface area contributed by atoms with Gasteiger partial charge in [-0.1, -0.05) is 0 Å². The van der Waals surface area contributed by atoms with E-state index >= 15 is 0 Å². The van der Waals surface area contributed by atoms with Crippen LogP contribution in [-0.2, 0) is 0 Å². The molecule has 0 spiro atoms. The molecule has 0 unspecified atom stereocenters. The minimum absolute atomic E-state index is 0.609. The molecule has 0 amide bonds. The largest absolute Gasteiger partial charge is 0.463 e. The van der Waals surface area contributed by atoms with Gasteiger partial charge in [0.05, 0.1) is 10.5 Å². The van der Waals surface area contributed by atoms with Crippen molar-refractivity contribution in [1.82, 2.24) is 4.37 Å². The summed E-state index contributed by atoms with van der Waals surface area (Å²) in [5, 5.41) is 8.98. The van der Waals surface area contributed by atoms with Gasteiger partial charge in [-0.25, -0.2) is 0 Å². The zero-order valence-electron chi connectivity index (χ0n) is 7.35. The maximum absolute atomic E-state index is 8.98. The van der Waals surface area contributed by atoms with Crippen molar-refractivity contribution in [2.24, 2.45) is 0 Å². The number of nitriles is 1. The minimum Gasteiger partial charge on any atom is -0.463 e. The number of rotatable bonds is 2. The van der Waals surface area contributed by atoms with Crippen molar-refractivity contribution in [1.29, 1.82) is 5.26 Å². The third-order valence-corrected chi connectivity index (χ3v) is 3.65. The number of aromatic nitrogens is 1. The van der Waals surface area contributed by atoms with Crippen LogP contribution in [0.15, 0.2) is 27.0 Å². The smallest absolute Gasteiger partial charge is 0.154 e. The zero-order valence-corrected chi connectivity index (χ0v) is 8.98. The van der Waals surface area contributed by atoms with E-state index in [9.17, 15) is 0 Å². The highest BCUT2D eigenvalue weighted by atomic mass is 32.2. The van der Waals surface area contributed by atoms with E-state index in [0.29, 0.717) is 17.0 Å². The molecular weight excluding hydrogens is 216 g/mol. The van der Waals surface area contributed by atoms with Gasteiger partial charge in [0.25, 0.3) is 0 Å². The van der Waals surface area contributed by atoms with Gasteiger partial charge in [-0.3, -0.25) is 0 Å². The highest BCUT2D eigenvalue weighted by Gasteiger charge is 2.15. The van der Waals surface area contributed by atoms with Gasteiger partial charge in [0, 0.05) is 0 Å². The van der Waals surface area contributed by atoms with Crippen LogP contribution in [0.5, 0.6) is 0 Å². The average Bonchev–Trinajstić information content (AvgIpc) is 2.85. The number of hydrogen-bond acceptors (Lipinski definition) is 5. The van der Waals surface area contributed by atoms with E-state index < -0.39 is 0 Å². The summed E-state index contributed by atoms with van der Waals surface area (Å²) in [5.41, 5.74) is 1.25. The number of hydrogen-bond donors (Lipinski definition) is 0. The molecule has 0 aliphatic rings. The molecule has 0 saturated heterocycles. The van der Waals surface area contributed by atoms with E-state index in [1.165, 1.54) is 23.3 Å². The molecule has 0 bridgehead atoms. The number of furan rings is 1. The monoisotopic (exact) mass is 222 g/mol. The zero-order chi connectivity index (χ0) is 9.97. The highest BCUT2D eigenvalue weighted by molar-refractivity contribution is 8.00. The maximum Gasteiger partial charge on any atom is 0.154 e. The molecule has 0 saturated carbocycles. The molecule has 5 heteroatoms. The van der Waals surface area contributed by atoms with Crippen LogP contribution in [0, 0.1) is 11.3 Å². The van der Waals surface area contributed by atoms with Crippen molar-refractivity contribution < 1.29 is 4.42 Å². The first-order valence-corrected chi connectivity index (χ1v) is 5.84. The van der Waals surface area contributed by atoms with Crippen LogP contribution in [0.25, 0.3) is 11.5 Å². The standard InChI is InChI=1S/C9H6N2OS2/c1-13-9-6(5-10)8(11-14-9)7-3-2-4-12-7/h2-4H,1H3. The lowest BCUT2D eigenvalue weighted by Crippen LogP contribution is -1.78. The topological polar surface area (TPSA) is 49.8 Å². The Labute approximate surface area is 89.5 Å². The SMILES string of the molecule is CSc1snc(-c2ccco2)c1C#N. The molecule has 0 atom stereocenters. The first-order chi connectivity index (χ1) is 6.86.